The number of hydrogen-bond acceptors (Lipinski definition) is 6. The number of ether oxygens (including phenoxy) is 1. The molecular formula is C19H31N5O. The van der Waals surface area contributed by atoms with E-state index in [4.69, 9.17) is 14.7 Å². The molecule has 138 valence electrons. The van der Waals surface area contributed by atoms with Crippen LogP contribution in [0.2, 0.25) is 0 Å². The van der Waals surface area contributed by atoms with Crippen LogP contribution in [0.4, 0.5) is 5.82 Å². The smallest absolute Gasteiger partial charge is 0.134 e. The molecule has 6 heteroatoms. The first kappa shape index (κ1) is 17.2. The van der Waals surface area contributed by atoms with Crippen LogP contribution in [0.1, 0.15) is 49.2 Å². The quantitative estimate of drug-likeness (QED) is 0.816. The molecule has 2 N–H and O–H groups in total. The molecule has 1 aromatic rings. The minimum Gasteiger partial charge on any atom is -0.379 e. The molecule has 0 amide bonds. The van der Waals surface area contributed by atoms with Gasteiger partial charge >= 0.3 is 0 Å². The summed E-state index contributed by atoms with van der Waals surface area (Å²) >= 11 is 0. The van der Waals surface area contributed by atoms with Gasteiger partial charge in [0.1, 0.15) is 11.6 Å². The van der Waals surface area contributed by atoms with E-state index in [9.17, 15) is 0 Å². The van der Waals surface area contributed by atoms with Gasteiger partial charge in [0, 0.05) is 50.1 Å². The molecule has 2 fully saturated rings. The van der Waals surface area contributed by atoms with E-state index in [0.717, 1.165) is 76.8 Å². The zero-order chi connectivity index (χ0) is 17.1. The highest BCUT2D eigenvalue weighted by atomic mass is 16.5. The molecule has 3 heterocycles. The van der Waals surface area contributed by atoms with Crippen LogP contribution < -0.4 is 10.6 Å². The Labute approximate surface area is 150 Å². The van der Waals surface area contributed by atoms with E-state index in [1.807, 2.05) is 0 Å². The van der Waals surface area contributed by atoms with Gasteiger partial charge in [0.2, 0.25) is 0 Å². The maximum Gasteiger partial charge on any atom is 0.134 e. The largest absolute Gasteiger partial charge is 0.379 e. The van der Waals surface area contributed by atoms with Gasteiger partial charge in [-0.05, 0) is 32.2 Å². The summed E-state index contributed by atoms with van der Waals surface area (Å²) in [6, 6.07) is 0.544. The average molecular weight is 345 g/mol. The van der Waals surface area contributed by atoms with Gasteiger partial charge in [-0.1, -0.05) is 6.92 Å². The molecule has 0 bridgehead atoms. The fourth-order valence-corrected chi connectivity index (χ4v) is 3.92. The SMILES string of the molecule is CC[C@H](CNc1nc(C2CC2)nc2c1CCNCC2)N1CCOCC1. The van der Waals surface area contributed by atoms with Gasteiger partial charge in [0.25, 0.3) is 0 Å². The van der Waals surface area contributed by atoms with E-state index < -0.39 is 0 Å². The van der Waals surface area contributed by atoms with Crippen LogP contribution in [0.5, 0.6) is 0 Å². The molecule has 4 rings (SSSR count). The Morgan fingerprint density at radius 2 is 2.00 bits per heavy atom. The zero-order valence-corrected chi connectivity index (χ0v) is 15.4. The fourth-order valence-electron chi connectivity index (χ4n) is 3.92. The predicted molar refractivity (Wildman–Crippen MR) is 99.2 cm³/mol. The van der Waals surface area contributed by atoms with E-state index in [-0.39, 0.29) is 0 Å². The highest BCUT2D eigenvalue weighted by Crippen LogP contribution is 2.39. The normalized spacial score (nSPS) is 22.9. The summed E-state index contributed by atoms with van der Waals surface area (Å²) in [7, 11) is 0. The zero-order valence-electron chi connectivity index (χ0n) is 15.4. The molecule has 3 aliphatic rings. The molecule has 1 saturated heterocycles. The van der Waals surface area contributed by atoms with Crippen molar-refractivity contribution in [2.45, 2.75) is 51.0 Å². The minimum absolute atomic E-state index is 0.544. The van der Waals surface area contributed by atoms with Crippen LogP contribution in [0.15, 0.2) is 0 Å². The molecule has 1 saturated carbocycles. The second-order valence-corrected chi connectivity index (χ2v) is 7.47. The number of hydrogen-bond donors (Lipinski definition) is 2. The molecule has 2 aliphatic heterocycles. The summed E-state index contributed by atoms with van der Waals surface area (Å²) in [4.78, 5) is 12.4. The van der Waals surface area contributed by atoms with Crippen molar-refractivity contribution in [3.63, 3.8) is 0 Å². The molecule has 1 aromatic heterocycles. The van der Waals surface area contributed by atoms with E-state index in [0.29, 0.717) is 12.0 Å². The lowest BCUT2D eigenvalue weighted by molar-refractivity contribution is 0.0184. The van der Waals surface area contributed by atoms with Gasteiger partial charge in [0.05, 0.1) is 18.9 Å². The maximum atomic E-state index is 5.50. The number of nitrogens with one attached hydrogen (secondary N) is 2. The summed E-state index contributed by atoms with van der Waals surface area (Å²) in [6.45, 7) is 9.08. The third-order valence-corrected chi connectivity index (χ3v) is 5.68. The monoisotopic (exact) mass is 345 g/mol. The first-order chi connectivity index (χ1) is 12.3. The van der Waals surface area contributed by atoms with Crippen molar-refractivity contribution in [1.29, 1.82) is 0 Å². The highest BCUT2D eigenvalue weighted by molar-refractivity contribution is 5.48. The number of rotatable bonds is 6. The van der Waals surface area contributed by atoms with Gasteiger partial charge < -0.3 is 15.4 Å². The lowest BCUT2D eigenvalue weighted by Gasteiger charge is -2.34. The Balaban J connectivity index is 1.51. The van der Waals surface area contributed by atoms with Crippen LogP contribution >= 0.6 is 0 Å². The van der Waals surface area contributed by atoms with Gasteiger partial charge in [-0.2, -0.15) is 0 Å². The number of morpholine rings is 1. The Morgan fingerprint density at radius 1 is 1.20 bits per heavy atom. The van der Waals surface area contributed by atoms with Crippen molar-refractivity contribution >= 4 is 5.82 Å². The number of aromatic nitrogens is 2. The standard InChI is InChI=1S/C19H31N5O/c1-2-15(24-9-11-25-12-10-24)13-21-19-16-5-7-20-8-6-17(16)22-18(23-19)14-3-4-14/h14-15,20H,2-13H2,1H3,(H,21,22,23)/t15-/m1/s1. The van der Waals surface area contributed by atoms with Gasteiger partial charge in [-0.15, -0.1) is 0 Å². The third kappa shape index (κ3) is 4.13. The van der Waals surface area contributed by atoms with Crippen LogP contribution in [-0.4, -0.2) is 66.8 Å². The van der Waals surface area contributed by atoms with E-state index in [2.05, 4.69) is 22.5 Å². The lowest BCUT2D eigenvalue weighted by Crippen LogP contribution is -2.46. The fraction of sp³-hybridized carbons (Fsp3) is 0.789. The number of fused-ring (bicyclic) bond motifs is 1. The molecule has 0 radical (unpaired) electrons. The van der Waals surface area contributed by atoms with Crippen molar-refractivity contribution in [2.24, 2.45) is 0 Å². The molecule has 0 aromatic carbocycles. The van der Waals surface area contributed by atoms with Crippen molar-refractivity contribution in [2.75, 3.05) is 51.3 Å². The summed E-state index contributed by atoms with van der Waals surface area (Å²) in [5.74, 6) is 2.77. The van der Waals surface area contributed by atoms with Crippen LogP contribution in [0.3, 0.4) is 0 Å². The Hall–Kier alpha value is -1.24. The van der Waals surface area contributed by atoms with Crippen LogP contribution in [0.25, 0.3) is 0 Å². The van der Waals surface area contributed by atoms with Crippen molar-refractivity contribution < 1.29 is 4.74 Å². The summed E-state index contributed by atoms with van der Waals surface area (Å²) in [6.07, 6.45) is 5.70. The number of nitrogens with zero attached hydrogens (tertiary/aromatic N) is 3. The Kier molecular flexibility index (Phi) is 5.48. The van der Waals surface area contributed by atoms with E-state index in [1.54, 1.807) is 0 Å². The molecule has 1 atom stereocenters. The topological polar surface area (TPSA) is 62.3 Å². The van der Waals surface area contributed by atoms with Crippen molar-refractivity contribution in [3.8, 4) is 0 Å². The van der Waals surface area contributed by atoms with Crippen LogP contribution in [-0.2, 0) is 17.6 Å². The predicted octanol–water partition coefficient (Wildman–Crippen LogP) is 1.56. The second-order valence-electron chi connectivity index (χ2n) is 7.47. The highest BCUT2D eigenvalue weighted by Gasteiger charge is 2.29. The Bertz CT molecular complexity index is 583. The Morgan fingerprint density at radius 3 is 2.76 bits per heavy atom. The maximum absolute atomic E-state index is 5.50. The van der Waals surface area contributed by atoms with E-state index in [1.165, 1.54) is 24.1 Å². The van der Waals surface area contributed by atoms with E-state index >= 15 is 0 Å². The molecule has 25 heavy (non-hydrogen) atoms. The third-order valence-electron chi connectivity index (χ3n) is 5.68. The summed E-state index contributed by atoms with van der Waals surface area (Å²) < 4.78 is 5.50. The average Bonchev–Trinajstić information content (AvgIpc) is 3.49. The van der Waals surface area contributed by atoms with Gasteiger partial charge in [-0.25, -0.2) is 9.97 Å². The molecular weight excluding hydrogens is 314 g/mol. The van der Waals surface area contributed by atoms with Crippen LogP contribution in [0, 0.1) is 0 Å². The minimum atomic E-state index is 0.544. The summed E-state index contributed by atoms with van der Waals surface area (Å²) in [5.41, 5.74) is 2.61. The number of anilines is 1. The van der Waals surface area contributed by atoms with Crippen molar-refractivity contribution in [3.05, 3.63) is 17.1 Å². The lowest BCUT2D eigenvalue weighted by atomic mass is 10.1. The molecule has 6 nitrogen and oxygen atoms in total. The van der Waals surface area contributed by atoms with Gasteiger partial charge in [0.15, 0.2) is 0 Å². The molecule has 0 unspecified atom stereocenters. The van der Waals surface area contributed by atoms with Gasteiger partial charge in [-0.3, -0.25) is 4.90 Å². The first-order valence-electron chi connectivity index (χ1n) is 10.0. The molecule has 0 spiro atoms. The van der Waals surface area contributed by atoms with Crippen molar-refractivity contribution in [1.82, 2.24) is 20.2 Å². The molecule has 1 aliphatic carbocycles. The first-order valence-corrected chi connectivity index (χ1v) is 10.0. The second kappa shape index (κ2) is 7.98. The summed E-state index contributed by atoms with van der Waals surface area (Å²) in [5, 5.41) is 7.21.